The molecule has 1 aromatic rings. The number of rotatable bonds is 4. The summed E-state index contributed by atoms with van der Waals surface area (Å²) in [5.41, 5.74) is 1.52. The van der Waals surface area contributed by atoms with E-state index in [-0.39, 0.29) is 1.43 Å². The number of allylic oxidation sites excluding steroid dienone is 8. The number of hydrogen-bond acceptors (Lipinski definition) is 0. The maximum Gasteiger partial charge on any atom is -1.00 e. The van der Waals surface area contributed by atoms with E-state index in [4.69, 9.17) is 0 Å². The summed E-state index contributed by atoms with van der Waals surface area (Å²) in [7, 11) is 0. The molecule has 0 spiro atoms. The molecule has 0 amide bonds. The van der Waals surface area contributed by atoms with Gasteiger partial charge in [0.1, 0.15) is 0 Å². The molecule has 0 atom stereocenters. The quantitative estimate of drug-likeness (QED) is 0.762. The van der Waals surface area contributed by atoms with Gasteiger partial charge in [-0.15, -0.1) is 0 Å². The van der Waals surface area contributed by atoms with Crippen LogP contribution < -0.4 is 0 Å². The molecule has 3 rings (SSSR count). The molecule has 0 bridgehead atoms. The van der Waals surface area contributed by atoms with Crippen LogP contribution in [0.2, 0.25) is 0 Å². The molecule has 0 heterocycles. The van der Waals surface area contributed by atoms with Crippen molar-refractivity contribution in [2.45, 2.75) is 17.0 Å². The molecule has 0 unspecified atom stereocenters. The van der Waals surface area contributed by atoms with Crippen LogP contribution in [0.5, 0.6) is 0 Å². The van der Waals surface area contributed by atoms with Crippen molar-refractivity contribution in [3.8, 4) is 0 Å². The molecule has 0 fully saturated rings. The summed E-state index contributed by atoms with van der Waals surface area (Å²) < 4.78 is 4.84. The summed E-state index contributed by atoms with van der Waals surface area (Å²) in [4.78, 5) is 0. The second kappa shape index (κ2) is 5.80. The minimum atomic E-state index is -1.61. The van der Waals surface area contributed by atoms with Crippen molar-refractivity contribution in [3.63, 3.8) is 0 Å². The van der Waals surface area contributed by atoms with Gasteiger partial charge in [-0.1, -0.05) is 0 Å². The maximum atomic E-state index is 2.39. The van der Waals surface area contributed by atoms with Gasteiger partial charge >= 0.3 is 118 Å². The summed E-state index contributed by atoms with van der Waals surface area (Å²) in [6.07, 6.45) is 16.3. The van der Waals surface area contributed by atoms with Crippen molar-refractivity contribution in [3.05, 3.63) is 78.9 Å². The van der Waals surface area contributed by atoms with Gasteiger partial charge < -0.3 is 1.43 Å². The van der Waals surface area contributed by atoms with E-state index >= 15 is 0 Å². The topological polar surface area (TPSA) is 0 Å². The largest absolute Gasteiger partial charge is 1.00 e. The standard InChI is InChI=1S/C7H7.2C5H5.Zr.H/c1-7-5-3-2-4-6-7;2*1-2-4-5-3-1;;/h2-6H,1H2;2*1-3H,4H2;;/q;;;+1;-1. The van der Waals surface area contributed by atoms with Gasteiger partial charge in [0.15, 0.2) is 0 Å². The van der Waals surface area contributed by atoms with Crippen molar-refractivity contribution in [1.29, 1.82) is 0 Å². The number of hydrogen-bond donors (Lipinski definition) is 0. The molecule has 1 aromatic carbocycles. The fraction of sp³-hybridized carbons (Fsp3) is 0.176. The van der Waals surface area contributed by atoms with Gasteiger partial charge in [-0.2, -0.15) is 0 Å². The zero-order valence-electron chi connectivity index (χ0n) is 11.5. The van der Waals surface area contributed by atoms with E-state index < -0.39 is 21.8 Å². The van der Waals surface area contributed by atoms with Crippen molar-refractivity contribution in [1.82, 2.24) is 0 Å². The molecule has 2 aliphatic rings. The Balaban J connectivity index is 0.00000133. The molecule has 0 saturated carbocycles. The van der Waals surface area contributed by atoms with E-state index in [0.717, 1.165) is 0 Å². The van der Waals surface area contributed by atoms with Gasteiger partial charge in [0.05, 0.1) is 0 Å². The minimum Gasteiger partial charge on any atom is -1.00 e. The van der Waals surface area contributed by atoms with Crippen molar-refractivity contribution < 1.29 is 23.2 Å². The van der Waals surface area contributed by atoms with E-state index in [1.807, 2.05) is 0 Å². The third kappa shape index (κ3) is 2.73. The molecule has 0 aromatic heterocycles. The van der Waals surface area contributed by atoms with Crippen LogP contribution in [0.1, 0.15) is 19.8 Å². The Morgan fingerprint density at radius 1 is 0.889 bits per heavy atom. The molecule has 0 aliphatic heterocycles. The molecular formula is C17H18Zr. The molecule has 0 saturated heterocycles. The Morgan fingerprint density at radius 3 is 2.00 bits per heavy atom. The van der Waals surface area contributed by atoms with Crippen LogP contribution >= 0.6 is 0 Å². The van der Waals surface area contributed by atoms with Crippen molar-refractivity contribution in [2.75, 3.05) is 0 Å². The summed E-state index contributed by atoms with van der Waals surface area (Å²) in [5.74, 6) is 0. The van der Waals surface area contributed by atoms with Crippen LogP contribution in [0.3, 0.4) is 0 Å². The zero-order valence-corrected chi connectivity index (χ0v) is 12.9. The van der Waals surface area contributed by atoms with Crippen LogP contribution in [0.25, 0.3) is 0 Å². The van der Waals surface area contributed by atoms with E-state index in [9.17, 15) is 0 Å². The Morgan fingerprint density at radius 2 is 1.50 bits per heavy atom. The van der Waals surface area contributed by atoms with Crippen molar-refractivity contribution in [2.24, 2.45) is 0 Å². The van der Waals surface area contributed by atoms with Gasteiger partial charge in [0.2, 0.25) is 0 Å². The normalized spacial score (nSPS) is 16.9. The summed E-state index contributed by atoms with van der Waals surface area (Å²) in [5, 5.41) is 0. The zero-order chi connectivity index (χ0) is 12.2. The first-order chi connectivity index (χ1) is 8.93. The average Bonchev–Trinajstić information content (AvgIpc) is 3.11. The van der Waals surface area contributed by atoms with Gasteiger partial charge in [-0.05, 0) is 0 Å². The van der Waals surface area contributed by atoms with Crippen LogP contribution in [-0.4, -0.2) is 0 Å². The first-order valence-electron chi connectivity index (χ1n) is 6.55. The van der Waals surface area contributed by atoms with Crippen LogP contribution in [0, 0.1) is 0 Å². The molecule has 0 N–H and O–H groups in total. The summed E-state index contributed by atoms with van der Waals surface area (Å²) >= 11 is -1.61. The van der Waals surface area contributed by atoms with E-state index in [0.29, 0.717) is 0 Å². The Bertz CT molecular complexity index is 508. The second-order valence-electron chi connectivity index (χ2n) is 4.79. The van der Waals surface area contributed by atoms with Gasteiger partial charge in [0, 0.05) is 0 Å². The Kier molecular flexibility index (Phi) is 3.91. The fourth-order valence-corrected chi connectivity index (χ4v) is 9.54. The smallest absolute Gasteiger partial charge is 1.00 e. The van der Waals surface area contributed by atoms with E-state index in [1.54, 1.807) is 6.56 Å². The van der Waals surface area contributed by atoms with Crippen molar-refractivity contribution >= 4 is 0 Å². The summed E-state index contributed by atoms with van der Waals surface area (Å²) in [6.45, 7) is 0. The van der Waals surface area contributed by atoms with Crippen LogP contribution in [-0.2, 0) is 25.9 Å². The average molecular weight is 314 g/mol. The SMILES string of the molecule is C1=CC[C]([Zr+]([CH2]c2ccccc2)[C]2=CC=CC2)=C1.[H-]. The predicted octanol–water partition coefficient (Wildman–Crippen LogP) is 4.60. The third-order valence-corrected chi connectivity index (χ3v) is 11.0. The molecule has 0 radical (unpaired) electrons. The Hall–Kier alpha value is -0.937. The van der Waals surface area contributed by atoms with Crippen LogP contribution in [0.4, 0.5) is 0 Å². The molecular weight excluding hydrogens is 295 g/mol. The third-order valence-electron chi connectivity index (χ3n) is 3.54. The molecule has 90 valence electrons. The first kappa shape index (κ1) is 12.1. The molecule has 2 aliphatic carbocycles. The fourth-order valence-electron chi connectivity index (χ4n) is 2.58. The number of benzene rings is 1. The minimum absolute atomic E-state index is 0. The first-order valence-corrected chi connectivity index (χ1v) is 10.7. The predicted molar refractivity (Wildman–Crippen MR) is 74.9 cm³/mol. The van der Waals surface area contributed by atoms with Gasteiger partial charge in [-0.3, -0.25) is 0 Å². The summed E-state index contributed by atoms with van der Waals surface area (Å²) in [6, 6.07) is 11.0. The molecule has 0 nitrogen and oxygen atoms in total. The second-order valence-corrected chi connectivity index (χ2v) is 11.2. The van der Waals surface area contributed by atoms with Gasteiger partial charge in [-0.25, -0.2) is 0 Å². The van der Waals surface area contributed by atoms with E-state index in [2.05, 4.69) is 66.8 Å². The van der Waals surface area contributed by atoms with Crippen LogP contribution in [0.15, 0.2) is 73.3 Å². The Labute approximate surface area is 119 Å². The molecule has 18 heavy (non-hydrogen) atoms. The van der Waals surface area contributed by atoms with Gasteiger partial charge in [0.25, 0.3) is 0 Å². The maximum absolute atomic E-state index is 2.39. The van der Waals surface area contributed by atoms with E-state index in [1.165, 1.54) is 22.5 Å². The molecule has 1 heteroatoms. The monoisotopic (exact) mass is 312 g/mol.